The summed E-state index contributed by atoms with van der Waals surface area (Å²) in [6, 6.07) is 9.76. The fourth-order valence-corrected chi connectivity index (χ4v) is 8.60. The van der Waals surface area contributed by atoms with E-state index in [9.17, 15) is 29.9 Å². The number of non-ortho nitro benzene ring substituents is 1. The summed E-state index contributed by atoms with van der Waals surface area (Å²) in [6.45, 7) is 14.2. The topological polar surface area (TPSA) is 192 Å². The molecule has 6 atom stereocenters. The number of benzene rings is 2. The van der Waals surface area contributed by atoms with E-state index in [0.717, 1.165) is 36.8 Å². The number of allylic oxidation sites excluding steroid dienone is 1. The molecular weight excluding hydrogens is 761 g/mol. The van der Waals surface area contributed by atoms with E-state index < -0.39 is 40.5 Å². The van der Waals surface area contributed by atoms with Gasteiger partial charge in [0, 0.05) is 56.3 Å². The van der Waals surface area contributed by atoms with Gasteiger partial charge in [-0.15, -0.1) is 6.58 Å². The van der Waals surface area contributed by atoms with Gasteiger partial charge in [0.2, 0.25) is 5.79 Å². The second kappa shape index (κ2) is 20.3. The molecule has 0 spiro atoms. The summed E-state index contributed by atoms with van der Waals surface area (Å²) in [5, 5.41) is 38.6. The smallest absolute Gasteiger partial charge is 0.415 e. The van der Waals surface area contributed by atoms with Gasteiger partial charge in [-0.05, 0) is 108 Å². The average Bonchev–Trinajstić information content (AvgIpc) is 3.19. The first-order valence-electron chi connectivity index (χ1n) is 20.8. The van der Waals surface area contributed by atoms with Crippen LogP contribution < -0.4 is 19.5 Å². The van der Waals surface area contributed by atoms with E-state index in [1.54, 1.807) is 30.0 Å². The van der Waals surface area contributed by atoms with Gasteiger partial charge in [0.1, 0.15) is 28.9 Å². The molecule has 0 saturated heterocycles. The molecule has 3 aliphatic rings. The van der Waals surface area contributed by atoms with Crippen molar-refractivity contribution >= 4 is 23.6 Å². The number of unbranched alkanes of at least 4 members (excludes halogenated alkanes) is 2. The van der Waals surface area contributed by atoms with Crippen molar-refractivity contribution < 1.29 is 48.5 Å². The minimum absolute atomic E-state index is 0.00254. The van der Waals surface area contributed by atoms with Crippen LogP contribution in [-0.4, -0.2) is 88.3 Å². The summed E-state index contributed by atoms with van der Waals surface area (Å²) in [5.41, 5.74) is 1.47. The minimum atomic E-state index is -1.53. The van der Waals surface area contributed by atoms with Crippen LogP contribution >= 0.6 is 0 Å². The van der Waals surface area contributed by atoms with Crippen LogP contribution in [0.15, 0.2) is 71.9 Å². The molecule has 2 aromatic carbocycles. The molecule has 2 aromatic rings. The first-order valence-corrected chi connectivity index (χ1v) is 20.8. The first-order chi connectivity index (χ1) is 28.3. The molecule has 15 heteroatoms. The molecule has 0 bridgehead atoms. The molecule has 2 amide bonds. The number of oxime groups is 1. The predicted molar refractivity (Wildman–Crippen MR) is 222 cm³/mol. The second-order valence-electron chi connectivity index (χ2n) is 16.2. The highest BCUT2D eigenvalue weighted by Crippen LogP contribution is 2.62. The maximum atomic E-state index is 14.5. The quantitative estimate of drug-likeness (QED) is 0.0538. The number of nitro benzene ring substituents is 1. The van der Waals surface area contributed by atoms with Crippen molar-refractivity contribution in [3.8, 4) is 17.2 Å². The molecule has 3 N–H and O–H groups in total. The van der Waals surface area contributed by atoms with Gasteiger partial charge in [-0.25, -0.2) is 9.59 Å². The summed E-state index contributed by atoms with van der Waals surface area (Å²) >= 11 is 0. The third-order valence-corrected chi connectivity index (χ3v) is 10.9. The zero-order chi connectivity index (χ0) is 42.7. The number of ether oxygens (including phenoxy) is 4. The Hall–Kier alpha value is -4.99. The van der Waals surface area contributed by atoms with Crippen LogP contribution in [0.3, 0.4) is 0 Å². The molecule has 1 aliphatic heterocycles. The molecule has 15 nitrogen and oxygen atoms in total. The maximum absolute atomic E-state index is 14.5. The zero-order valence-corrected chi connectivity index (χ0v) is 34.9. The van der Waals surface area contributed by atoms with E-state index in [2.05, 4.69) is 18.0 Å². The van der Waals surface area contributed by atoms with Crippen molar-refractivity contribution in [1.29, 1.82) is 0 Å². The van der Waals surface area contributed by atoms with Crippen molar-refractivity contribution in [2.45, 2.75) is 109 Å². The second-order valence-corrected chi connectivity index (χ2v) is 16.2. The molecule has 0 radical (unpaired) electrons. The summed E-state index contributed by atoms with van der Waals surface area (Å²) < 4.78 is 25.8. The van der Waals surface area contributed by atoms with Gasteiger partial charge in [-0.3, -0.25) is 15.0 Å². The zero-order valence-electron chi connectivity index (χ0n) is 34.9. The number of aliphatic hydroxyl groups excluding tert-OH is 2. The Morgan fingerprint density at radius 1 is 1.05 bits per heavy atom. The lowest BCUT2D eigenvalue weighted by molar-refractivity contribution is -0.384. The number of carbonyl (C=O) groups is 2. The number of hydrogen-bond donors (Lipinski definition) is 3. The van der Waals surface area contributed by atoms with Crippen LogP contribution in [0.25, 0.3) is 0 Å². The van der Waals surface area contributed by atoms with Crippen molar-refractivity contribution in [2.24, 2.45) is 22.9 Å². The maximum Gasteiger partial charge on any atom is 0.415 e. The Labute approximate surface area is 346 Å². The number of rotatable bonds is 19. The number of fused-ring (bicyclic) bond motifs is 2. The van der Waals surface area contributed by atoms with Crippen LogP contribution in [0.2, 0.25) is 0 Å². The number of nitro groups is 1. The molecule has 0 aromatic heterocycles. The Morgan fingerprint density at radius 3 is 2.37 bits per heavy atom. The molecule has 59 heavy (non-hydrogen) atoms. The molecular formula is C44H60N4O11. The van der Waals surface area contributed by atoms with Crippen molar-refractivity contribution in [2.75, 3.05) is 32.9 Å². The van der Waals surface area contributed by atoms with Crippen LogP contribution in [0.1, 0.15) is 97.5 Å². The van der Waals surface area contributed by atoms with E-state index in [0.29, 0.717) is 43.0 Å². The number of aliphatic hydroxyl groups is 2. The van der Waals surface area contributed by atoms with E-state index in [1.165, 1.54) is 24.3 Å². The van der Waals surface area contributed by atoms with Gasteiger partial charge in [-0.1, -0.05) is 37.1 Å². The van der Waals surface area contributed by atoms with Crippen molar-refractivity contribution in [3.05, 3.63) is 82.4 Å². The normalized spacial score (nSPS) is 23.8. The monoisotopic (exact) mass is 820 g/mol. The van der Waals surface area contributed by atoms with E-state index >= 15 is 0 Å². The van der Waals surface area contributed by atoms with Gasteiger partial charge in [-0.2, -0.15) is 0 Å². The Bertz CT molecular complexity index is 1840. The van der Waals surface area contributed by atoms with E-state index in [1.807, 2.05) is 33.8 Å². The third kappa shape index (κ3) is 10.6. The fraction of sp³-hybridized carbons (Fsp3) is 0.568. The minimum Gasteiger partial charge on any atom is -0.459 e. The fourth-order valence-electron chi connectivity index (χ4n) is 8.60. The van der Waals surface area contributed by atoms with Gasteiger partial charge in [0.15, 0.2) is 0 Å². The van der Waals surface area contributed by atoms with E-state index in [-0.39, 0.29) is 62.0 Å². The number of nitrogens with zero attached hydrogens (tertiary/aromatic N) is 3. The highest BCUT2D eigenvalue weighted by atomic mass is 16.7. The summed E-state index contributed by atoms with van der Waals surface area (Å²) in [6.07, 6.45) is 7.52. The number of amides is 2. The third-order valence-electron chi connectivity index (χ3n) is 10.9. The van der Waals surface area contributed by atoms with Gasteiger partial charge >= 0.3 is 12.2 Å². The Kier molecular flexibility index (Phi) is 15.5. The molecule has 1 heterocycles. The lowest BCUT2D eigenvalue weighted by Gasteiger charge is -2.60. The SMILES string of the molecule is C=CCOC12Oc3ccc(OC(=O)NCC)cc3C3C(CCCCO)C(CCCCO)C=C(C(=NOC(C)(C)C)CC1N(CCC)C(=O)Oc1ccc([N+](=O)[O-])cc1)C32. The molecule has 1 saturated carbocycles. The van der Waals surface area contributed by atoms with Crippen LogP contribution in [0.4, 0.5) is 15.3 Å². The Balaban J connectivity index is 1.77. The lowest BCUT2D eigenvalue weighted by Crippen LogP contribution is -2.70. The van der Waals surface area contributed by atoms with Gasteiger partial charge in [0.05, 0.1) is 23.2 Å². The molecule has 322 valence electrons. The van der Waals surface area contributed by atoms with Crippen LogP contribution in [0, 0.1) is 27.9 Å². The number of hydrogen-bond acceptors (Lipinski definition) is 12. The number of carbonyl (C=O) groups excluding carboxylic acids is 2. The average molecular weight is 821 g/mol. The number of nitrogens with one attached hydrogen (secondary N) is 1. The standard InChI is InChI=1S/C44H60N4O11/c1-7-22-47(42(52)57-31-18-16-30(17-19-31)48(53)54)38-28-36(46-59-43(4,5)6)34-26-29(14-10-12-23-49)33(15-11-13-24-50)39-35-27-32(56-41(51)45-9-3)20-21-37(35)58-44(38,40(34)39)55-25-8-2/h8,16-21,26-27,29,33,38-40,49-50H,2,7,9-15,22-25,28H2,1,3-6H3,(H,45,51). The molecule has 6 unspecified atom stereocenters. The summed E-state index contributed by atoms with van der Waals surface area (Å²) in [5.74, 6) is -1.54. The van der Waals surface area contributed by atoms with Crippen molar-refractivity contribution in [1.82, 2.24) is 10.2 Å². The van der Waals surface area contributed by atoms with Crippen molar-refractivity contribution in [3.63, 3.8) is 0 Å². The first kappa shape index (κ1) is 45.1. The lowest BCUT2D eigenvalue weighted by atomic mass is 9.55. The van der Waals surface area contributed by atoms with E-state index in [4.69, 9.17) is 28.9 Å². The van der Waals surface area contributed by atoms with Gasteiger partial charge < -0.3 is 39.3 Å². The highest BCUT2D eigenvalue weighted by molar-refractivity contribution is 6.03. The van der Waals surface area contributed by atoms with Crippen LogP contribution in [0.5, 0.6) is 17.2 Å². The van der Waals surface area contributed by atoms with Gasteiger partial charge in [0.25, 0.3) is 5.69 Å². The highest BCUT2D eigenvalue weighted by Gasteiger charge is 2.65. The molecule has 2 aliphatic carbocycles. The summed E-state index contributed by atoms with van der Waals surface area (Å²) in [7, 11) is 0. The Morgan fingerprint density at radius 2 is 1.75 bits per heavy atom. The predicted octanol–water partition coefficient (Wildman–Crippen LogP) is 8.05. The summed E-state index contributed by atoms with van der Waals surface area (Å²) in [4.78, 5) is 45.8. The largest absolute Gasteiger partial charge is 0.459 e. The molecule has 1 fully saturated rings. The van der Waals surface area contributed by atoms with Crippen LogP contribution in [-0.2, 0) is 9.57 Å². The molecule has 5 rings (SSSR count).